The molecule has 340 valence electrons. The number of benzene rings is 4. The van der Waals surface area contributed by atoms with Gasteiger partial charge in [-0.2, -0.15) is 0 Å². The predicted octanol–water partition coefficient (Wildman–Crippen LogP) is 4.16. The SMILES string of the molecule is C1CCOC1.C1CCOC1.C1CCOC1.C1CCOC1.C1CCOC1.C1CCOC1.[Li+].[Li+].[O-]/C(=C\c1ccc(F)cc1)c1ccccc1.[O-]/C(=C\c1ccc(F)cc1)c1ccccc1. The maximum atomic E-state index is 12.6. The number of rotatable bonds is 4. The van der Waals surface area contributed by atoms with Gasteiger partial charge in [0.05, 0.1) is 0 Å². The molecule has 0 N–H and O–H groups in total. The van der Waals surface area contributed by atoms with Crippen molar-refractivity contribution >= 4 is 23.7 Å². The maximum Gasteiger partial charge on any atom is 1.00 e. The van der Waals surface area contributed by atoms with Crippen LogP contribution >= 0.6 is 0 Å². The molecule has 0 radical (unpaired) electrons. The molecule has 6 fully saturated rings. The summed E-state index contributed by atoms with van der Waals surface area (Å²) in [5.74, 6) is -0.756. The van der Waals surface area contributed by atoms with Gasteiger partial charge in [0.15, 0.2) is 0 Å². The fraction of sp³-hybridized carbons (Fsp3) is 0.462. The zero-order valence-electron chi connectivity index (χ0n) is 38.5. The van der Waals surface area contributed by atoms with Gasteiger partial charge >= 0.3 is 37.7 Å². The summed E-state index contributed by atoms with van der Waals surface area (Å²) < 4.78 is 55.0. The van der Waals surface area contributed by atoms with E-state index in [-0.39, 0.29) is 60.9 Å². The minimum absolute atomic E-state index is 0. The monoisotopic (exact) mass is 873 g/mol. The van der Waals surface area contributed by atoms with Crippen LogP contribution in [0.2, 0.25) is 0 Å². The summed E-state index contributed by atoms with van der Waals surface area (Å²) >= 11 is 0. The molecule has 6 saturated heterocycles. The Kier molecular flexibility index (Phi) is 37.9. The van der Waals surface area contributed by atoms with Gasteiger partial charge in [-0.15, -0.1) is 11.5 Å². The summed E-state index contributed by atoms with van der Waals surface area (Å²) in [4.78, 5) is 0. The molecule has 4 aromatic rings. The van der Waals surface area contributed by atoms with Crippen LogP contribution in [0.4, 0.5) is 8.78 Å². The molecule has 0 aromatic heterocycles. The van der Waals surface area contributed by atoms with Crippen LogP contribution in [0.3, 0.4) is 0 Å². The van der Waals surface area contributed by atoms with Crippen LogP contribution in [0.25, 0.3) is 23.7 Å². The fourth-order valence-electron chi connectivity index (χ4n) is 5.85. The molecule has 6 aliphatic rings. The molecule has 0 aliphatic carbocycles. The third-order valence-electron chi connectivity index (χ3n) is 9.42. The van der Waals surface area contributed by atoms with Gasteiger partial charge in [-0.1, -0.05) is 97.1 Å². The number of hydrogen-bond acceptors (Lipinski definition) is 8. The molecule has 0 atom stereocenters. The molecule has 0 amide bonds. The van der Waals surface area contributed by atoms with Gasteiger partial charge in [-0.05, 0) is 124 Å². The topological polar surface area (TPSA) is 102 Å². The zero-order valence-corrected chi connectivity index (χ0v) is 38.5. The number of halogens is 2. The maximum absolute atomic E-state index is 12.6. The molecular formula is C52H68F2Li2O8. The van der Waals surface area contributed by atoms with Crippen molar-refractivity contribution in [3.63, 3.8) is 0 Å². The van der Waals surface area contributed by atoms with Crippen LogP contribution < -0.4 is 47.9 Å². The Morgan fingerprint density at radius 2 is 0.531 bits per heavy atom. The van der Waals surface area contributed by atoms with E-state index in [1.165, 1.54) is 113 Å². The second-order valence-electron chi connectivity index (χ2n) is 14.8. The molecule has 4 aromatic carbocycles. The van der Waals surface area contributed by atoms with Gasteiger partial charge in [0.2, 0.25) is 0 Å². The van der Waals surface area contributed by atoms with Crippen molar-refractivity contribution in [2.45, 2.75) is 77.0 Å². The molecule has 0 unspecified atom stereocenters. The Labute approximate surface area is 406 Å². The van der Waals surface area contributed by atoms with E-state index in [9.17, 15) is 19.0 Å². The zero-order chi connectivity index (χ0) is 44.0. The standard InChI is InChI=1S/2C14H11FO.6C4H8O.2Li/c2*15-13-8-6-11(7-9-13)10-14(16)12-4-2-1-3-5-12;6*1-2-4-5-3-1;;/h2*1-10,16H;6*1-4H2;;/q;;;;;;;;2*+1/p-2/b2*14-10-;;;;;;;;. The van der Waals surface area contributed by atoms with Crippen LogP contribution in [0, 0.1) is 11.6 Å². The first-order valence-electron chi connectivity index (χ1n) is 22.4. The van der Waals surface area contributed by atoms with Crippen LogP contribution in [0.15, 0.2) is 109 Å². The van der Waals surface area contributed by atoms with Gasteiger partial charge in [-0.25, -0.2) is 8.78 Å². The first kappa shape index (κ1) is 58.8. The van der Waals surface area contributed by atoms with Crippen molar-refractivity contribution in [3.05, 3.63) is 143 Å². The molecule has 0 spiro atoms. The summed E-state index contributed by atoms with van der Waals surface area (Å²) in [5, 5.41) is 23.5. The second-order valence-corrected chi connectivity index (χ2v) is 14.8. The van der Waals surface area contributed by atoms with Crippen molar-refractivity contribution < 1.29 is 85.1 Å². The van der Waals surface area contributed by atoms with Gasteiger partial charge in [0, 0.05) is 79.3 Å². The van der Waals surface area contributed by atoms with Crippen LogP contribution in [0.1, 0.15) is 99.3 Å². The number of hydrogen-bond donors (Lipinski definition) is 0. The quantitative estimate of drug-likeness (QED) is 0.172. The summed E-state index contributed by atoms with van der Waals surface area (Å²) in [6, 6.07) is 29.6. The minimum atomic E-state index is -0.302. The number of ether oxygens (including phenoxy) is 6. The Morgan fingerprint density at radius 3 is 0.703 bits per heavy atom. The summed E-state index contributed by atoms with van der Waals surface area (Å²) in [5.41, 5.74) is 2.67. The fourth-order valence-corrected chi connectivity index (χ4v) is 5.85. The van der Waals surface area contributed by atoms with E-state index in [0.29, 0.717) is 22.3 Å². The normalized spacial score (nSPS) is 17.0. The van der Waals surface area contributed by atoms with Crippen molar-refractivity contribution in [1.82, 2.24) is 0 Å². The molecule has 6 aliphatic heterocycles. The Bertz CT molecular complexity index is 1450. The molecule has 6 heterocycles. The van der Waals surface area contributed by atoms with Crippen molar-refractivity contribution in [2.24, 2.45) is 0 Å². The van der Waals surface area contributed by atoms with E-state index < -0.39 is 0 Å². The summed E-state index contributed by atoms with van der Waals surface area (Å²) in [6.07, 6.45) is 18.3. The summed E-state index contributed by atoms with van der Waals surface area (Å²) in [7, 11) is 0. The first-order valence-corrected chi connectivity index (χ1v) is 22.4. The third-order valence-corrected chi connectivity index (χ3v) is 9.42. The van der Waals surface area contributed by atoms with E-state index >= 15 is 0 Å². The average molecular weight is 873 g/mol. The van der Waals surface area contributed by atoms with Gasteiger partial charge in [-0.3, -0.25) is 0 Å². The molecule has 10 rings (SSSR count). The molecule has 8 nitrogen and oxygen atoms in total. The van der Waals surface area contributed by atoms with Crippen molar-refractivity contribution in [2.75, 3.05) is 79.3 Å². The van der Waals surface area contributed by atoms with E-state index in [4.69, 9.17) is 28.4 Å². The van der Waals surface area contributed by atoms with Gasteiger partial charge in [0.1, 0.15) is 11.6 Å². The average Bonchev–Trinajstić information content (AvgIpc) is 4.18. The van der Waals surface area contributed by atoms with Crippen molar-refractivity contribution in [3.8, 4) is 0 Å². The second kappa shape index (κ2) is 41.2. The van der Waals surface area contributed by atoms with Crippen molar-refractivity contribution in [1.29, 1.82) is 0 Å². The predicted molar refractivity (Wildman–Crippen MR) is 242 cm³/mol. The van der Waals surface area contributed by atoms with Crippen LogP contribution in [-0.2, 0) is 28.4 Å². The Morgan fingerprint density at radius 1 is 0.328 bits per heavy atom. The molecule has 64 heavy (non-hydrogen) atoms. The van der Waals surface area contributed by atoms with E-state index in [1.807, 2.05) is 36.4 Å². The third kappa shape index (κ3) is 31.6. The van der Waals surface area contributed by atoms with Gasteiger partial charge in [0.25, 0.3) is 0 Å². The molecule has 0 saturated carbocycles. The van der Waals surface area contributed by atoms with E-state index in [1.54, 1.807) is 48.5 Å². The minimum Gasteiger partial charge on any atom is -0.872 e. The van der Waals surface area contributed by atoms with Gasteiger partial charge < -0.3 is 38.6 Å². The molecule has 0 bridgehead atoms. The molecule has 12 heteroatoms. The van der Waals surface area contributed by atoms with E-state index in [0.717, 1.165) is 79.3 Å². The largest absolute Gasteiger partial charge is 1.00 e. The molecular weight excluding hydrogens is 804 g/mol. The van der Waals surface area contributed by atoms with Crippen LogP contribution in [-0.4, -0.2) is 79.3 Å². The summed E-state index contributed by atoms with van der Waals surface area (Å²) in [6.45, 7) is 12.0. The Hall–Kier alpha value is -3.23. The van der Waals surface area contributed by atoms with Crippen LogP contribution in [0.5, 0.6) is 0 Å². The first-order chi connectivity index (χ1) is 30.5. The Balaban J connectivity index is 0.000000389. The smallest absolute Gasteiger partial charge is 0.872 e. The van der Waals surface area contributed by atoms with E-state index in [2.05, 4.69) is 0 Å².